The minimum atomic E-state index is 0.505. The van der Waals surface area contributed by atoms with E-state index in [4.69, 9.17) is 31.4 Å². The monoisotopic (exact) mass is 391 g/mol. The van der Waals surface area contributed by atoms with E-state index in [0.717, 1.165) is 43.1 Å². The van der Waals surface area contributed by atoms with Crippen LogP contribution in [0.5, 0.6) is 11.5 Å². The molecular weight excluding hydrogens is 374 g/mol. The largest absolute Gasteiger partial charge is 0.497 e. The predicted molar refractivity (Wildman–Crippen MR) is 107 cm³/mol. The molecule has 130 valence electrons. The number of aromatic nitrogens is 1. The van der Waals surface area contributed by atoms with Crippen LogP contribution >= 0.6 is 34.9 Å². The minimum absolute atomic E-state index is 0.505. The van der Waals surface area contributed by atoms with Gasteiger partial charge in [-0.05, 0) is 43.4 Å². The van der Waals surface area contributed by atoms with Gasteiger partial charge in [0, 0.05) is 21.4 Å². The minimum Gasteiger partial charge on any atom is -0.497 e. The zero-order valence-electron chi connectivity index (χ0n) is 14.3. The molecule has 0 atom stereocenters. The van der Waals surface area contributed by atoms with Gasteiger partial charge in [0.1, 0.15) is 16.5 Å². The van der Waals surface area contributed by atoms with Crippen LogP contribution in [0.2, 0.25) is 0 Å². The highest BCUT2D eigenvalue weighted by Gasteiger charge is 2.16. The summed E-state index contributed by atoms with van der Waals surface area (Å²) in [7, 11) is 4.89. The molecule has 0 fully saturated rings. The second-order valence-corrected chi connectivity index (χ2v) is 7.66. The maximum Gasteiger partial charge on any atom is 0.201 e. The summed E-state index contributed by atoms with van der Waals surface area (Å²) in [6.45, 7) is 2.06. The lowest BCUT2D eigenvalue weighted by atomic mass is 10.1. The number of thiazole rings is 1. The molecule has 0 aliphatic heterocycles. The lowest BCUT2D eigenvalue weighted by Crippen LogP contribution is -1.94. The van der Waals surface area contributed by atoms with E-state index < -0.39 is 0 Å². The fourth-order valence-corrected chi connectivity index (χ4v) is 4.51. The third-order valence-corrected chi connectivity index (χ3v) is 6.16. The fraction of sp³-hybridized carbons (Fsp3) is 0.222. The molecule has 0 aliphatic carbocycles. The van der Waals surface area contributed by atoms with E-state index in [0.29, 0.717) is 5.05 Å². The number of benzene rings is 1. The van der Waals surface area contributed by atoms with Gasteiger partial charge >= 0.3 is 0 Å². The molecule has 25 heavy (non-hydrogen) atoms. The topological polar surface area (TPSA) is 40.6 Å². The van der Waals surface area contributed by atoms with Crippen molar-refractivity contribution >= 4 is 39.9 Å². The van der Waals surface area contributed by atoms with Crippen molar-refractivity contribution in [3.8, 4) is 33.3 Å². The zero-order valence-corrected chi connectivity index (χ0v) is 16.7. The molecule has 4 nitrogen and oxygen atoms in total. The van der Waals surface area contributed by atoms with E-state index in [1.54, 1.807) is 44.0 Å². The first kappa shape index (κ1) is 17.8. The number of aryl methyl sites for hydroxylation is 1. The summed E-state index contributed by atoms with van der Waals surface area (Å²) in [6, 6.07) is 7.73. The molecule has 0 unspecified atom stereocenters. The van der Waals surface area contributed by atoms with Gasteiger partial charge in [-0.1, -0.05) is 0 Å². The summed E-state index contributed by atoms with van der Waals surface area (Å²) in [5, 5.41) is 3.47. The number of methoxy groups -OCH3 is 3. The Morgan fingerprint density at radius 1 is 1.08 bits per heavy atom. The van der Waals surface area contributed by atoms with Crippen molar-refractivity contribution in [3.63, 3.8) is 0 Å². The van der Waals surface area contributed by atoms with Crippen molar-refractivity contribution in [2.24, 2.45) is 0 Å². The quantitative estimate of drug-likeness (QED) is 0.560. The third kappa shape index (κ3) is 3.53. The third-order valence-electron chi connectivity index (χ3n) is 3.72. The van der Waals surface area contributed by atoms with Crippen molar-refractivity contribution in [1.82, 2.24) is 4.98 Å². The van der Waals surface area contributed by atoms with Crippen molar-refractivity contribution in [2.75, 3.05) is 21.3 Å². The number of nitrogens with zero attached hydrogens (tertiary/aromatic N) is 1. The Morgan fingerprint density at radius 2 is 1.88 bits per heavy atom. The molecule has 7 heteroatoms. The lowest BCUT2D eigenvalue weighted by Gasteiger charge is -2.08. The molecule has 0 saturated heterocycles. The molecule has 0 saturated carbocycles. The van der Waals surface area contributed by atoms with Crippen LogP contribution in [-0.2, 0) is 4.74 Å². The number of hydrogen-bond acceptors (Lipinski definition) is 7. The van der Waals surface area contributed by atoms with E-state index in [-0.39, 0.29) is 0 Å². The maximum absolute atomic E-state index is 5.47. The number of rotatable bonds is 5. The SMILES string of the molecule is COC(=S)c1cc(-c2nc(-c3cc(OC)ccc3OC)cs2)c(C)s1. The normalized spacial score (nSPS) is 10.6. The highest BCUT2D eigenvalue weighted by molar-refractivity contribution is 7.80. The second-order valence-electron chi connectivity index (χ2n) is 5.18. The van der Waals surface area contributed by atoms with Crippen LogP contribution in [0.15, 0.2) is 29.6 Å². The Labute approximate surface area is 160 Å². The highest BCUT2D eigenvalue weighted by Crippen LogP contribution is 2.38. The van der Waals surface area contributed by atoms with Gasteiger partial charge in [0.05, 0.1) is 31.9 Å². The van der Waals surface area contributed by atoms with Crippen LogP contribution < -0.4 is 9.47 Å². The first-order chi connectivity index (χ1) is 12.1. The number of hydrogen-bond donors (Lipinski definition) is 0. The molecule has 0 aliphatic rings. The smallest absolute Gasteiger partial charge is 0.201 e. The highest BCUT2D eigenvalue weighted by atomic mass is 32.1. The van der Waals surface area contributed by atoms with E-state index in [9.17, 15) is 0 Å². The van der Waals surface area contributed by atoms with E-state index in [2.05, 4.69) is 6.92 Å². The maximum atomic E-state index is 5.47. The molecule has 3 rings (SSSR count). The van der Waals surface area contributed by atoms with Crippen LogP contribution in [-0.4, -0.2) is 31.4 Å². The average Bonchev–Trinajstić information content (AvgIpc) is 3.27. The van der Waals surface area contributed by atoms with Gasteiger partial charge in [0.25, 0.3) is 0 Å². The zero-order chi connectivity index (χ0) is 18.0. The van der Waals surface area contributed by atoms with Crippen LogP contribution in [0.1, 0.15) is 9.75 Å². The summed E-state index contributed by atoms with van der Waals surface area (Å²) < 4.78 is 16.0. The Balaban J connectivity index is 2.01. The molecular formula is C18H17NO3S3. The molecule has 0 spiro atoms. The van der Waals surface area contributed by atoms with Gasteiger partial charge in [-0.25, -0.2) is 4.98 Å². The predicted octanol–water partition coefficient (Wildman–Crippen LogP) is 5.19. The van der Waals surface area contributed by atoms with Gasteiger partial charge in [-0.15, -0.1) is 22.7 Å². The second kappa shape index (κ2) is 7.51. The molecule has 3 aromatic rings. The van der Waals surface area contributed by atoms with Crippen molar-refractivity contribution < 1.29 is 14.2 Å². The number of thiocarbonyl (C=S) groups is 1. The summed E-state index contributed by atoms with van der Waals surface area (Å²) in [5.41, 5.74) is 2.85. The van der Waals surface area contributed by atoms with E-state index in [1.165, 1.54) is 0 Å². The standard InChI is InChI=1S/C18H17NO3S3/c1-10-12(8-16(25-10)18(23)22-4)17-19-14(9-24-17)13-7-11(20-2)5-6-15(13)21-3/h5-9H,1-4H3. The van der Waals surface area contributed by atoms with Crippen LogP contribution in [0, 0.1) is 6.92 Å². The summed E-state index contributed by atoms with van der Waals surface area (Å²) in [6.07, 6.45) is 0. The Kier molecular flexibility index (Phi) is 5.36. The van der Waals surface area contributed by atoms with Crippen LogP contribution in [0.25, 0.3) is 21.8 Å². The molecule has 2 heterocycles. The molecule has 0 radical (unpaired) electrons. The Morgan fingerprint density at radius 3 is 2.56 bits per heavy atom. The molecule has 2 aromatic heterocycles. The van der Waals surface area contributed by atoms with Crippen molar-refractivity contribution in [3.05, 3.63) is 39.4 Å². The summed E-state index contributed by atoms with van der Waals surface area (Å²) in [5.74, 6) is 1.53. The first-order valence-corrected chi connectivity index (χ1v) is 9.54. The summed E-state index contributed by atoms with van der Waals surface area (Å²) in [4.78, 5) is 6.90. The summed E-state index contributed by atoms with van der Waals surface area (Å²) >= 11 is 8.44. The average molecular weight is 392 g/mol. The van der Waals surface area contributed by atoms with E-state index in [1.807, 2.05) is 29.6 Å². The Hall–Kier alpha value is -1.96. The van der Waals surface area contributed by atoms with Gasteiger partial charge in [-0.3, -0.25) is 0 Å². The van der Waals surface area contributed by atoms with Gasteiger partial charge in [0.15, 0.2) is 0 Å². The van der Waals surface area contributed by atoms with Gasteiger partial charge in [0.2, 0.25) is 5.05 Å². The fourth-order valence-electron chi connectivity index (χ4n) is 2.43. The molecule has 0 N–H and O–H groups in total. The number of thiophene rings is 1. The van der Waals surface area contributed by atoms with E-state index >= 15 is 0 Å². The van der Waals surface area contributed by atoms with Gasteiger partial charge < -0.3 is 14.2 Å². The van der Waals surface area contributed by atoms with Crippen molar-refractivity contribution in [1.29, 1.82) is 0 Å². The molecule has 0 bridgehead atoms. The van der Waals surface area contributed by atoms with Gasteiger partial charge in [-0.2, -0.15) is 0 Å². The van der Waals surface area contributed by atoms with Crippen molar-refractivity contribution in [2.45, 2.75) is 6.92 Å². The molecule has 0 amide bonds. The lowest BCUT2D eigenvalue weighted by molar-refractivity contribution is 0.404. The first-order valence-electron chi connectivity index (χ1n) is 7.44. The Bertz CT molecular complexity index is 914. The van der Waals surface area contributed by atoms with Crippen LogP contribution in [0.3, 0.4) is 0 Å². The number of ether oxygens (including phenoxy) is 3. The van der Waals surface area contributed by atoms with Crippen LogP contribution in [0.4, 0.5) is 0 Å². The molecule has 1 aromatic carbocycles.